The molecule has 8 nitrogen and oxygen atoms in total. The molecule has 3 amide bonds. The van der Waals surface area contributed by atoms with Gasteiger partial charge in [0.05, 0.1) is 5.56 Å². The van der Waals surface area contributed by atoms with Crippen LogP contribution in [0.5, 0.6) is 0 Å². The molecule has 1 heterocycles. The lowest BCUT2D eigenvalue weighted by molar-refractivity contribution is -0.140. The Hall–Kier alpha value is -3.20. The fourth-order valence-corrected chi connectivity index (χ4v) is 5.38. The average molecular weight is 472 g/mol. The topological polar surface area (TPSA) is 104 Å². The van der Waals surface area contributed by atoms with Crippen molar-refractivity contribution >= 4 is 27.7 Å². The normalized spacial score (nSPS) is 15.1. The summed E-state index contributed by atoms with van der Waals surface area (Å²) in [5.74, 6) is -1.61. The zero-order chi connectivity index (χ0) is 24.0. The summed E-state index contributed by atoms with van der Waals surface area (Å²) >= 11 is 0. The van der Waals surface area contributed by atoms with Crippen LogP contribution < -0.4 is 5.32 Å². The Morgan fingerprint density at radius 3 is 2.33 bits per heavy atom. The second-order valence-corrected chi connectivity index (χ2v) is 9.68. The largest absolute Gasteiger partial charge is 0.354 e. The summed E-state index contributed by atoms with van der Waals surface area (Å²) < 4.78 is 26.4. The smallest absolute Gasteiger partial charge is 0.269 e. The second kappa shape index (κ2) is 10.6. The third-order valence-corrected chi connectivity index (χ3v) is 7.40. The van der Waals surface area contributed by atoms with Crippen LogP contribution >= 0.6 is 0 Å². The van der Waals surface area contributed by atoms with Crippen LogP contribution in [0.3, 0.4) is 0 Å². The molecule has 0 radical (unpaired) electrons. The van der Waals surface area contributed by atoms with Gasteiger partial charge in [0.15, 0.2) is 0 Å². The molecule has 33 heavy (non-hydrogen) atoms. The Morgan fingerprint density at radius 1 is 1.03 bits per heavy atom. The number of nitrogens with zero attached hydrogens (tertiary/aromatic N) is 2. The zero-order valence-corrected chi connectivity index (χ0v) is 19.7. The lowest BCUT2D eigenvalue weighted by Crippen LogP contribution is -2.53. The number of rotatable bonds is 10. The second-order valence-electron chi connectivity index (χ2n) is 7.85. The van der Waals surface area contributed by atoms with E-state index < -0.39 is 34.4 Å². The van der Waals surface area contributed by atoms with E-state index in [0.29, 0.717) is 23.7 Å². The minimum absolute atomic E-state index is 0.0499. The molecule has 1 aliphatic rings. The molecule has 0 unspecified atom stereocenters. The highest BCUT2D eigenvalue weighted by Gasteiger charge is 2.43. The molecule has 9 heteroatoms. The van der Waals surface area contributed by atoms with E-state index in [0.717, 1.165) is 12.0 Å². The summed E-state index contributed by atoms with van der Waals surface area (Å²) in [7, 11) is -4.12. The summed E-state index contributed by atoms with van der Waals surface area (Å²) in [4.78, 5) is 40.2. The van der Waals surface area contributed by atoms with Crippen molar-refractivity contribution < 1.29 is 22.8 Å². The molecule has 1 atom stereocenters. The van der Waals surface area contributed by atoms with Crippen LogP contribution in [0.1, 0.15) is 42.6 Å². The Morgan fingerprint density at radius 2 is 1.70 bits per heavy atom. The van der Waals surface area contributed by atoms with Gasteiger partial charge in [-0.05, 0) is 37.0 Å². The third-order valence-electron chi connectivity index (χ3n) is 5.61. The van der Waals surface area contributed by atoms with Gasteiger partial charge in [-0.2, -0.15) is 0 Å². The fourth-order valence-electron chi connectivity index (χ4n) is 3.86. The minimum Gasteiger partial charge on any atom is -0.354 e. The number of sulfonamides is 1. The van der Waals surface area contributed by atoms with Gasteiger partial charge >= 0.3 is 0 Å². The van der Waals surface area contributed by atoms with Gasteiger partial charge in [-0.25, -0.2) is 12.7 Å². The van der Waals surface area contributed by atoms with Crippen molar-refractivity contribution in [3.05, 3.63) is 65.7 Å². The number of amides is 3. The van der Waals surface area contributed by atoms with E-state index in [1.165, 1.54) is 23.1 Å². The number of fused-ring (bicyclic) bond motifs is 1. The molecule has 0 saturated carbocycles. The van der Waals surface area contributed by atoms with Crippen molar-refractivity contribution in [2.24, 2.45) is 0 Å². The first-order chi connectivity index (χ1) is 15.8. The van der Waals surface area contributed by atoms with Crippen molar-refractivity contribution in [3.63, 3.8) is 0 Å². The first-order valence-corrected chi connectivity index (χ1v) is 12.5. The van der Waals surface area contributed by atoms with Crippen LogP contribution in [-0.4, -0.2) is 61.0 Å². The Kier molecular flexibility index (Phi) is 7.86. The van der Waals surface area contributed by atoms with E-state index in [2.05, 4.69) is 5.32 Å². The summed E-state index contributed by atoms with van der Waals surface area (Å²) in [6.45, 7) is 3.77. The van der Waals surface area contributed by atoms with Gasteiger partial charge in [0.25, 0.3) is 15.9 Å². The standard InChI is InChI=1S/C24H29N3O5S/c1-3-15-25-23(29)20(4-2)26(16-14-18-10-6-5-7-11-18)22(28)17-27-24(30)19-12-8-9-13-21(19)33(27,31)32/h5-13,20H,3-4,14-17H2,1-2H3,(H,25,29)/t20-/m0/s1. The van der Waals surface area contributed by atoms with Crippen molar-refractivity contribution in [2.75, 3.05) is 19.6 Å². The molecule has 0 saturated heterocycles. The number of hydrogen-bond acceptors (Lipinski definition) is 5. The summed E-state index contributed by atoms with van der Waals surface area (Å²) in [6, 6.07) is 14.6. The number of carbonyl (C=O) groups excluding carboxylic acids is 3. The van der Waals surface area contributed by atoms with E-state index in [4.69, 9.17) is 0 Å². The van der Waals surface area contributed by atoms with E-state index in [-0.39, 0.29) is 22.9 Å². The number of hydrogen-bond donors (Lipinski definition) is 1. The van der Waals surface area contributed by atoms with Crippen LogP contribution in [0.25, 0.3) is 0 Å². The maximum atomic E-state index is 13.4. The van der Waals surface area contributed by atoms with Gasteiger partial charge in [0.2, 0.25) is 11.8 Å². The van der Waals surface area contributed by atoms with Crippen molar-refractivity contribution in [1.82, 2.24) is 14.5 Å². The molecular formula is C24H29N3O5S. The molecule has 0 aliphatic carbocycles. The van der Waals surface area contributed by atoms with Crippen LogP contribution in [0.2, 0.25) is 0 Å². The highest BCUT2D eigenvalue weighted by Crippen LogP contribution is 2.30. The molecule has 0 fully saturated rings. The van der Waals surface area contributed by atoms with Crippen molar-refractivity contribution in [3.8, 4) is 0 Å². The lowest BCUT2D eigenvalue weighted by Gasteiger charge is -2.31. The number of benzene rings is 2. The van der Waals surface area contributed by atoms with Crippen molar-refractivity contribution in [2.45, 2.75) is 44.0 Å². The summed E-state index contributed by atoms with van der Waals surface area (Å²) in [5.41, 5.74) is 1.03. The van der Waals surface area contributed by atoms with Gasteiger partial charge in [-0.15, -0.1) is 0 Å². The lowest BCUT2D eigenvalue weighted by atomic mass is 10.1. The quantitative estimate of drug-likeness (QED) is 0.572. The Labute approximate surface area is 194 Å². The predicted molar refractivity (Wildman–Crippen MR) is 124 cm³/mol. The first kappa shape index (κ1) is 24.4. The molecule has 1 N–H and O–H groups in total. The van der Waals surface area contributed by atoms with Gasteiger partial charge in [0, 0.05) is 13.1 Å². The van der Waals surface area contributed by atoms with Crippen LogP contribution in [0.15, 0.2) is 59.5 Å². The van der Waals surface area contributed by atoms with E-state index in [1.807, 2.05) is 37.3 Å². The Balaban J connectivity index is 1.85. The SMILES string of the molecule is CCCNC(=O)[C@H](CC)N(CCc1ccccc1)C(=O)CN1C(=O)c2ccccc2S1(=O)=O. The van der Waals surface area contributed by atoms with Crippen LogP contribution in [-0.2, 0) is 26.0 Å². The highest BCUT2D eigenvalue weighted by molar-refractivity contribution is 7.90. The van der Waals surface area contributed by atoms with E-state index in [9.17, 15) is 22.8 Å². The van der Waals surface area contributed by atoms with E-state index in [1.54, 1.807) is 13.0 Å². The molecule has 3 rings (SSSR count). The first-order valence-electron chi connectivity index (χ1n) is 11.1. The van der Waals surface area contributed by atoms with E-state index >= 15 is 0 Å². The minimum atomic E-state index is -4.12. The molecule has 2 aromatic carbocycles. The summed E-state index contributed by atoms with van der Waals surface area (Å²) in [5, 5.41) is 2.82. The average Bonchev–Trinajstić information content (AvgIpc) is 3.01. The summed E-state index contributed by atoms with van der Waals surface area (Å²) in [6.07, 6.45) is 1.60. The Bertz CT molecular complexity index is 1120. The number of nitrogens with one attached hydrogen (secondary N) is 1. The van der Waals surface area contributed by atoms with Crippen LogP contribution in [0.4, 0.5) is 0 Å². The molecule has 176 valence electrons. The zero-order valence-electron chi connectivity index (χ0n) is 18.9. The molecular weight excluding hydrogens is 442 g/mol. The van der Waals surface area contributed by atoms with Gasteiger partial charge in [-0.1, -0.05) is 56.3 Å². The number of carbonyl (C=O) groups is 3. The molecule has 1 aliphatic heterocycles. The van der Waals surface area contributed by atoms with Gasteiger partial charge < -0.3 is 10.2 Å². The molecule has 0 spiro atoms. The highest BCUT2D eigenvalue weighted by atomic mass is 32.2. The molecule has 0 bridgehead atoms. The van der Waals surface area contributed by atoms with Gasteiger partial charge in [0.1, 0.15) is 17.5 Å². The third kappa shape index (κ3) is 5.24. The predicted octanol–water partition coefficient (Wildman–Crippen LogP) is 2.21. The van der Waals surface area contributed by atoms with Gasteiger partial charge in [-0.3, -0.25) is 14.4 Å². The van der Waals surface area contributed by atoms with Crippen molar-refractivity contribution in [1.29, 1.82) is 0 Å². The monoisotopic (exact) mass is 471 g/mol. The molecule has 0 aromatic heterocycles. The maximum absolute atomic E-state index is 13.4. The fraction of sp³-hybridized carbons (Fsp3) is 0.375. The maximum Gasteiger partial charge on any atom is 0.269 e. The molecule has 2 aromatic rings. The van der Waals surface area contributed by atoms with Crippen LogP contribution in [0, 0.1) is 0 Å².